The number of carbonyl (C=O) groups is 1. The summed E-state index contributed by atoms with van der Waals surface area (Å²) < 4.78 is 0. The van der Waals surface area contributed by atoms with E-state index in [1.165, 1.54) is 5.56 Å². The van der Waals surface area contributed by atoms with Gasteiger partial charge >= 0.3 is 0 Å². The van der Waals surface area contributed by atoms with Crippen LogP contribution in [0.1, 0.15) is 41.4 Å². The molecule has 0 spiro atoms. The Kier molecular flexibility index (Phi) is 3.33. The Balaban J connectivity index is 2.35. The predicted molar refractivity (Wildman–Crippen MR) is 68.2 cm³/mol. The molecule has 0 fully saturated rings. The van der Waals surface area contributed by atoms with E-state index in [-0.39, 0.29) is 5.78 Å². The van der Waals surface area contributed by atoms with Crippen LogP contribution in [0.25, 0.3) is 0 Å². The van der Waals surface area contributed by atoms with Crippen LogP contribution in [0.4, 0.5) is 0 Å². The van der Waals surface area contributed by atoms with Crippen molar-refractivity contribution in [3.05, 3.63) is 65.5 Å². The third kappa shape index (κ3) is 2.59. The summed E-state index contributed by atoms with van der Waals surface area (Å²) in [5.74, 6) is 0.402. The van der Waals surface area contributed by atoms with Gasteiger partial charge in [-0.25, -0.2) is 0 Å². The normalized spacial score (nSPS) is 10.5. The van der Waals surface area contributed by atoms with Crippen LogP contribution in [-0.4, -0.2) is 10.8 Å². The summed E-state index contributed by atoms with van der Waals surface area (Å²) in [6.45, 7) is 4.23. The summed E-state index contributed by atoms with van der Waals surface area (Å²) in [6, 6.07) is 13.1. The first-order chi connectivity index (χ1) is 8.18. The molecule has 0 saturated heterocycles. The summed E-state index contributed by atoms with van der Waals surface area (Å²) in [5.41, 5.74) is 2.37. The highest BCUT2D eigenvalue weighted by Crippen LogP contribution is 2.17. The van der Waals surface area contributed by atoms with Crippen LogP contribution in [0.3, 0.4) is 0 Å². The smallest absolute Gasteiger partial charge is 0.211 e. The van der Waals surface area contributed by atoms with Gasteiger partial charge in [0, 0.05) is 11.8 Å². The fourth-order valence-corrected chi connectivity index (χ4v) is 1.68. The minimum atomic E-state index is -0.0203. The topological polar surface area (TPSA) is 30.0 Å². The molecular weight excluding hydrogens is 210 g/mol. The minimum Gasteiger partial charge on any atom is -0.287 e. The van der Waals surface area contributed by atoms with Crippen molar-refractivity contribution in [3.63, 3.8) is 0 Å². The third-order valence-electron chi connectivity index (χ3n) is 2.71. The Morgan fingerprint density at radius 3 is 2.59 bits per heavy atom. The largest absolute Gasteiger partial charge is 0.287 e. The van der Waals surface area contributed by atoms with E-state index >= 15 is 0 Å². The zero-order valence-corrected chi connectivity index (χ0v) is 10.1. The molecular formula is C15H15NO. The minimum absolute atomic E-state index is 0.0203. The first-order valence-corrected chi connectivity index (χ1v) is 5.74. The van der Waals surface area contributed by atoms with Gasteiger partial charge in [-0.1, -0.05) is 38.1 Å². The van der Waals surface area contributed by atoms with Gasteiger partial charge in [0.15, 0.2) is 0 Å². The molecule has 0 aliphatic carbocycles. The molecule has 0 atom stereocenters. The van der Waals surface area contributed by atoms with Gasteiger partial charge in [0.2, 0.25) is 5.78 Å². The molecule has 0 bridgehead atoms. The fourth-order valence-electron chi connectivity index (χ4n) is 1.68. The van der Waals surface area contributed by atoms with Crippen molar-refractivity contribution in [1.29, 1.82) is 0 Å². The quantitative estimate of drug-likeness (QED) is 0.749. The zero-order valence-electron chi connectivity index (χ0n) is 10.1. The summed E-state index contributed by atoms with van der Waals surface area (Å²) in [7, 11) is 0. The molecule has 2 rings (SSSR count). The maximum atomic E-state index is 12.2. The van der Waals surface area contributed by atoms with Gasteiger partial charge in [0.1, 0.15) is 5.69 Å². The maximum absolute atomic E-state index is 12.2. The van der Waals surface area contributed by atoms with E-state index in [0.29, 0.717) is 17.2 Å². The molecule has 0 unspecified atom stereocenters. The lowest BCUT2D eigenvalue weighted by molar-refractivity contribution is 0.103. The predicted octanol–water partition coefficient (Wildman–Crippen LogP) is 3.44. The molecule has 0 N–H and O–H groups in total. The SMILES string of the molecule is CC(C)c1cccc(C(=O)c2ccccn2)c1. The third-order valence-corrected chi connectivity index (χ3v) is 2.71. The Bertz CT molecular complexity index is 517. The van der Waals surface area contributed by atoms with Gasteiger partial charge < -0.3 is 0 Å². The molecule has 0 radical (unpaired) electrons. The highest BCUT2D eigenvalue weighted by Gasteiger charge is 2.10. The molecule has 2 heteroatoms. The summed E-state index contributed by atoms with van der Waals surface area (Å²) in [4.78, 5) is 16.2. The van der Waals surface area contributed by atoms with Crippen LogP contribution >= 0.6 is 0 Å². The number of benzene rings is 1. The average Bonchev–Trinajstić information content (AvgIpc) is 2.39. The van der Waals surface area contributed by atoms with Gasteiger partial charge in [-0.05, 0) is 29.7 Å². The monoisotopic (exact) mass is 225 g/mol. The van der Waals surface area contributed by atoms with Crippen LogP contribution in [-0.2, 0) is 0 Å². The first kappa shape index (κ1) is 11.5. The van der Waals surface area contributed by atoms with Crippen LogP contribution in [0.15, 0.2) is 48.7 Å². The van der Waals surface area contributed by atoms with Crippen molar-refractivity contribution in [3.8, 4) is 0 Å². The lowest BCUT2D eigenvalue weighted by atomic mass is 9.98. The molecule has 2 nitrogen and oxygen atoms in total. The molecule has 0 aliphatic heterocycles. The second-order valence-electron chi connectivity index (χ2n) is 4.32. The Labute approximate surface area is 101 Å². The van der Waals surface area contributed by atoms with E-state index in [1.54, 1.807) is 18.3 Å². The van der Waals surface area contributed by atoms with E-state index in [0.717, 1.165) is 0 Å². The Morgan fingerprint density at radius 2 is 1.94 bits per heavy atom. The van der Waals surface area contributed by atoms with Crippen molar-refractivity contribution < 1.29 is 4.79 Å². The zero-order chi connectivity index (χ0) is 12.3. The highest BCUT2D eigenvalue weighted by atomic mass is 16.1. The van der Waals surface area contributed by atoms with E-state index in [2.05, 4.69) is 18.8 Å². The molecule has 1 heterocycles. The maximum Gasteiger partial charge on any atom is 0.211 e. The van der Waals surface area contributed by atoms with Gasteiger partial charge in [-0.2, -0.15) is 0 Å². The number of aromatic nitrogens is 1. The van der Waals surface area contributed by atoms with E-state index in [9.17, 15) is 4.79 Å². The van der Waals surface area contributed by atoms with Crippen molar-refractivity contribution in [2.24, 2.45) is 0 Å². The van der Waals surface area contributed by atoms with Gasteiger partial charge in [-0.15, -0.1) is 0 Å². The second kappa shape index (κ2) is 4.91. The van der Waals surface area contributed by atoms with Crippen molar-refractivity contribution in [1.82, 2.24) is 4.98 Å². The molecule has 0 saturated carbocycles. The number of pyridine rings is 1. The van der Waals surface area contributed by atoms with Gasteiger partial charge in [-0.3, -0.25) is 9.78 Å². The molecule has 1 aromatic carbocycles. The van der Waals surface area contributed by atoms with Crippen LogP contribution in [0.5, 0.6) is 0 Å². The lowest BCUT2D eigenvalue weighted by Crippen LogP contribution is -2.04. The van der Waals surface area contributed by atoms with Crippen LogP contribution in [0.2, 0.25) is 0 Å². The average molecular weight is 225 g/mol. The molecule has 1 aromatic heterocycles. The number of nitrogens with zero attached hydrogens (tertiary/aromatic N) is 1. The van der Waals surface area contributed by atoms with E-state index < -0.39 is 0 Å². The van der Waals surface area contributed by atoms with E-state index in [4.69, 9.17) is 0 Å². The van der Waals surface area contributed by atoms with Gasteiger partial charge in [0.25, 0.3) is 0 Å². The summed E-state index contributed by atoms with van der Waals surface area (Å²) in [6.07, 6.45) is 1.64. The molecule has 17 heavy (non-hydrogen) atoms. The number of carbonyl (C=O) groups excluding carboxylic acids is 1. The molecule has 86 valence electrons. The van der Waals surface area contributed by atoms with Gasteiger partial charge in [0.05, 0.1) is 0 Å². The number of hydrogen-bond acceptors (Lipinski definition) is 2. The highest BCUT2D eigenvalue weighted by molar-refractivity contribution is 6.07. The fraction of sp³-hybridized carbons (Fsp3) is 0.200. The van der Waals surface area contributed by atoms with Crippen LogP contribution < -0.4 is 0 Å². The molecule has 0 aliphatic rings. The Hall–Kier alpha value is -1.96. The van der Waals surface area contributed by atoms with Crippen molar-refractivity contribution >= 4 is 5.78 Å². The Morgan fingerprint density at radius 1 is 1.12 bits per heavy atom. The summed E-state index contributed by atoms with van der Waals surface area (Å²) >= 11 is 0. The number of hydrogen-bond donors (Lipinski definition) is 0. The number of rotatable bonds is 3. The van der Waals surface area contributed by atoms with E-state index in [1.807, 2.05) is 30.3 Å². The molecule has 0 amide bonds. The number of ketones is 1. The van der Waals surface area contributed by atoms with Crippen LogP contribution in [0, 0.1) is 0 Å². The standard InChI is InChI=1S/C15H15NO/c1-11(2)12-6-5-7-13(10-12)15(17)14-8-3-4-9-16-14/h3-11H,1-2H3. The van der Waals surface area contributed by atoms with Crippen molar-refractivity contribution in [2.45, 2.75) is 19.8 Å². The first-order valence-electron chi connectivity index (χ1n) is 5.74. The summed E-state index contributed by atoms with van der Waals surface area (Å²) in [5, 5.41) is 0. The lowest BCUT2D eigenvalue weighted by Gasteiger charge is -2.07. The second-order valence-corrected chi connectivity index (χ2v) is 4.32. The van der Waals surface area contributed by atoms with Crippen molar-refractivity contribution in [2.75, 3.05) is 0 Å². The molecule has 2 aromatic rings.